The second-order valence-electron chi connectivity index (χ2n) is 8.61. The highest BCUT2D eigenvalue weighted by molar-refractivity contribution is 5.92. The first-order valence-corrected chi connectivity index (χ1v) is 11.4. The largest absolute Gasteiger partial charge is 0.480 e. The summed E-state index contributed by atoms with van der Waals surface area (Å²) in [6, 6.07) is 5.93. The number of nitrogens with one attached hydrogen (secondary N) is 3. The van der Waals surface area contributed by atoms with Crippen molar-refractivity contribution in [2.24, 2.45) is 28.1 Å². The number of carboxylic acids is 1. The fourth-order valence-electron chi connectivity index (χ4n) is 3.22. The minimum Gasteiger partial charge on any atom is -0.480 e. The fraction of sp³-hybridized carbons (Fsp3) is 0.522. The zero-order valence-electron chi connectivity index (χ0n) is 20.2. The lowest BCUT2D eigenvalue weighted by Gasteiger charge is -2.23. The lowest BCUT2D eigenvalue weighted by atomic mass is 10.0. The number of guanidine groups is 1. The molecular formula is C23H37N7O5. The van der Waals surface area contributed by atoms with E-state index in [0.29, 0.717) is 19.4 Å². The van der Waals surface area contributed by atoms with Crippen molar-refractivity contribution in [1.82, 2.24) is 16.0 Å². The molecule has 12 heteroatoms. The van der Waals surface area contributed by atoms with Crippen LogP contribution in [0.3, 0.4) is 0 Å². The van der Waals surface area contributed by atoms with E-state index in [0.717, 1.165) is 5.56 Å². The van der Waals surface area contributed by atoms with Crippen LogP contribution in [-0.2, 0) is 25.6 Å². The maximum absolute atomic E-state index is 12.8. The Morgan fingerprint density at radius 2 is 1.66 bits per heavy atom. The monoisotopic (exact) mass is 491 g/mol. The summed E-state index contributed by atoms with van der Waals surface area (Å²) in [5.41, 5.74) is 17.0. The van der Waals surface area contributed by atoms with Crippen LogP contribution in [-0.4, -0.2) is 66.0 Å². The molecule has 1 rings (SSSR count). The Balaban J connectivity index is 2.64. The molecule has 1 aromatic carbocycles. The van der Waals surface area contributed by atoms with Gasteiger partial charge in [0.2, 0.25) is 17.7 Å². The van der Waals surface area contributed by atoms with E-state index in [9.17, 15) is 24.3 Å². The van der Waals surface area contributed by atoms with Crippen LogP contribution in [0, 0.1) is 5.92 Å². The number of carboxylic acid groups (broad SMARTS) is 1. The van der Waals surface area contributed by atoms with Crippen molar-refractivity contribution in [3.05, 3.63) is 35.9 Å². The third-order valence-electron chi connectivity index (χ3n) is 4.98. The number of carbonyl (C=O) groups is 4. The predicted octanol–water partition coefficient (Wildman–Crippen LogP) is -1.17. The quantitative estimate of drug-likeness (QED) is 0.0898. The molecule has 10 N–H and O–H groups in total. The van der Waals surface area contributed by atoms with E-state index >= 15 is 0 Å². The van der Waals surface area contributed by atoms with Gasteiger partial charge in [-0.1, -0.05) is 44.2 Å². The van der Waals surface area contributed by atoms with Gasteiger partial charge in [-0.2, -0.15) is 0 Å². The van der Waals surface area contributed by atoms with Crippen LogP contribution in [0.15, 0.2) is 35.3 Å². The summed E-state index contributed by atoms with van der Waals surface area (Å²) in [5.74, 6) is -2.92. The number of carbonyl (C=O) groups excluding carboxylic acids is 3. The number of hydrogen-bond donors (Lipinski definition) is 7. The number of nitrogens with two attached hydrogens (primary N) is 3. The molecule has 0 saturated heterocycles. The Morgan fingerprint density at radius 1 is 1.00 bits per heavy atom. The van der Waals surface area contributed by atoms with Gasteiger partial charge >= 0.3 is 5.97 Å². The number of rotatable bonds is 15. The van der Waals surface area contributed by atoms with E-state index in [1.165, 1.54) is 0 Å². The first-order valence-electron chi connectivity index (χ1n) is 11.4. The van der Waals surface area contributed by atoms with Gasteiger partial charge in [0.15, 0.2) is 5.96 Å². The molecule has 3 unspecified atom stereocenters. The number of hydrogen-bond acceptors (Lipinski definition) is 6. The minimum atomic E-state index is -1.18. The summed E-state index contributed by atoms with van der Waals surface area (Å²) < 4.78 is 0. The van der Waals surface area contributed by atoms with Crippen molar-refractivity contribution in [3.63, 3.8) is 0 Å². The van der Waals surface area contributed by atoms with E-state index < -0.39 is 41.8 Å². The molecule has 0 saturated carbocycles. The van der Waals surface area contributed by atoms with Crippen LogP contribution in [0.4, 0.5) is 0 Å². The van der Waals surface area contributed by atoms with E-state index in [4.69, 9.17) is 17.2 Å². The molecule has 0 aromatic heterocycles. The van der Waals surface area contributed by atoms with Crippen molar-refractivity contribution in [3.8, 4) is 0 Å². The molecule has 194 valence electrons. The van der Waals surface area contributed by atoms with E-state index in [2.05, 4.69) is 20.9 Å². The molecule has 0 fully saturated rings. The molecule has 12 nitrogen and oxygen atoms in total. The van der Waals surface area contributed by atoms with Crippen molar-refractivity contribution in [2.75, 3.05) is 13.1 Å². The van der Waals surface area contributed by atoms with Crippen molar-refractivity contribution < 1.29 is 24.3 Å². The van der Waals surface area contributed by atoms with Gasteiger partial charge in [0.05, 0.1) is 12.6 Å². The normalized spacial score (nSPS) is 13.3. The lowest BCUT2D eigenvalue weighted by Crippen LogP contribution is -2.54. The topological polar surface area (TPSA) is 215 Å². The van der Waals surface area contributed by atoms with E-state index in [1.54, 1.807) is 24.3 Å². The molecular weight excluding hydrogens is 454 g/mol. The Hall–Kier alpha value is -3.67. The molecule has 0 bridgehead atoms. The Labute approximate surface area is 205 Å². The van der Waals surface area contributed by atoms with Gasteiger partial charge in [-0.05, 0) is 30.7 Å². The summed E-state index contributed by atoms with van der Waals surface area (Å²) in [5, 5.41) is 17.1. The van der Waals surface area contributed by atoms with Gasteiger partial charge in [0.25, 0.3) is 0 Å². The van der Waals surface area contributed by atoms with Crippen molar-refractivity contribution >= 4 is 29.7 Å². The van der Waals surface area contributed by atoms with Gasteiger partial charge in [-0.25, -0.2) is 4.79 Å². The van der Waals surface area contributed by atoms with Crippen LogP contribution < -0.4 is 33.2 Å². The van der Waals surface area contributed by atoms with Crippen LogP contribution in [0.2, 0.25) is 0 Å². The summed E-state index contributed by atoms with van der Waals surface area (Å²) in [6.45, 7) is 3.69. The van der Waals surface area contributed by atoms with Gasteiger partial charge in [0.1, 0.15) is 12.1 Å². The van der Waals surface area contributed by atoms with Gasteiger partial charge < -0.3 is 38.3 Å². The Morgan fingerprint density at radius 3 is 2.23 bits per heavy atom. The first kappa shape index (κ1) is 29.4. The highest BCUT2D eigenvalue weighted by Gasteiger charge is 2.27. The average molecular weight is 492 g/mol. The van der Waals surface area contributed by atoms with Gasteiger partial charge in [-0.3, -0.25) is 19.4 Å². The number of nitrogens with zero attached hydrogens (tertiary/aromatic N) is 1. The second-order valence-corrected chi connectivity index (χ2v) is 8.61. The van der Waals surface area contributed by atoms with Crippen LogP contribution in [0.5, 0.6) is 0 Å². The van der Waals surface area contributed by atoms with Crippen LogP contribution >= 0.6 is 0 Å². The van der Waals surface area contributed by atoms with Gasteiger partial charge in [0, 0.05) is 13.0 Å². The smallest absolute Gasteiger partial charge is 0.326 e. The van der Waals surface area contributed by atoms with E-state index in [-0.39, 0.29) is 31.3 Å². The molecule has 1 aromatic rings. The summed E-state index contributed by atoms with van der Waals surface area (Å²) in [6.07, 6.45) is 1.19. The number of aliphatic carboxylic acids is 1. The summed E-state index contributed by atoms with van der Waals surface area (Å²) in [7, 11) is 0. The van der Waals surface area contributed by atoms with Gasteiger partial charge in [-0.15, -0.1) is 0 Å². The molecule has 0 radical (unpaired) electrons. The number of benzene rings is 1. The fourth-order valence-corrected chi connectivity index (χ4v) is 3.22. The third kappa shape index (κ3) is 12.4. The lowest BCUT2D eigenvalue weighted by molar-refractivity contribution is -0.142. The molecule has 0 spiro atoms. The number of aliphatic imine (C=N–C) groups is 1. The maximum atomic E-state index is 12.8. The predicted molar refractivity (Wildman–Crippen MR) is 132 cm³/mol. The summed E-state index contributed by atoms with van der Waals surface area (Å²) in [4.78, 5) is 52.9. The maximum Gasteiger partial charge on any atom is 0.326 e. The number of amides is 3. The zero-order valence-corrected chi connectivity index (χ0v) is 20.2. The highest BCUT2D eigenvalue weighted by Crippen LogP contribution is 2.08. The molecule has 0 aliphatic carbocycles. The molecule has 0 aliphatic rings. The SMILES string of the molecule is CC(C)CC(NC(=O)CNC(=O)C(N)CCCN=C(N)N)C(=O)NC(Cc1ccccc1)C(=O)O. The first-order chi connectivity index (χ1) is 16.5. The Kier molecular flexibility index (Phi) is 12.8. The molecule has 35 heavy (non-hydrogen) atoms. The highest BCUT2D eigenvalue weighted by atomic mass is 16.4. The minimum absolute atomic E-state index is 0.0386. The molecule has 3 atom stereocenters. The van der Waals surface area contributed by atoms with E-state index in [1.807, 2.05) is 19.9 Å². The standard InChI is InChI=1S/C23H37N7O5/c1-14(2)11-17(21(33)30-18(22(34)35)12-15-7-4-3-5-8-15)29-19(31)13-28-20(32)16(24)9-6-10-27-23(25)26/h3-5,7-8,14,16-18H,6,9-13,24H2,1-2H3,(H,28,32)(H,29,31)(H,30,33)(H,34,35)(H4,25,26,27). The van der Waals surface area contributed by atoms with Crippen molar-refractivity contribution in [2.45, 2.75) is 57.7 Å². The van der Waals surface area contributed by atoms with Crippen LogP contribution in [0.25, 0.3) is 0 Å². The summed E-state index contributed by atoms with van der Waals surface area (Å²) >= 11 is 0. The third-order valence-corrected chi connectivity index (χ3v) is 4.98. The molecule has 3 amide bonds. The molecule has 0 aliphatic heterocycles. The average Bonchev–Trinajstić information content (AvgIpc) is 2.79. The second kappa shape index (κ2) is 15.3. The van der Waals surface area contributed by atoms with Crippen LogP contribution in [0.1, 0.15) is 38.7 Å². The zero-order chi connectivity index (χ0) is 26.4. The molecule has 0 heterocycles. The van der Waals surface area contributed by atoms with Crippen molar-refractivity contribution in [1.29, 1.82) is 0 Å². The Bertz CT molecular complexity index is 872.